The topological polar surface area (TPSA) is 86.7 Å². The lowest BCUT2D eigenvalue weighted by Crippen LogP contribution is -2.67. The number of amides is 1. The molecular formula is C27H37NO7Si. The lowest BCUT2D eigenvalue weighted by atomic mass is 9.93. The van der Waals surface area contributed by atoms with E-state index < -0.39 is 44.8 Å². The Morgan fingerprint density at radius 1 is 1.08 bits per heavy atom. The first-order valence-electron chi connectivity index (χ1n) is 12.5. The second-order valence-electron chi connectivity index (χ2n) is 10.5. The summed E-state index contributed by atoms with van der Waals surface area (Å²) in [6.45, 7) is 7.95. The molecule has 1 N–H and O–H groups in total. The summed E-state index contributed by atoms with van der Waals surface area (Å²) in [4.78, 5) is 14.5. The number of β-amino-alcohol motifs (C(OH)–C–C–N with tert-alkyl or cyclic N) is 1. The molecule has 36 heavy (non-hydrogen) atoms. The van der Waals surface area contributed by atoms with E-state index in [0.29, 0.717) is 6.61 Å². The number of aliphatic hydroxyl groups excluding tert-OH is 1. The van der Waals surface area contributed by atoms with Crippen LogP contribution in [0.3, 0.4) is 0 Å². The predicted octanol–water partition coefficient (Wildman–Crippen LogP) is 4.18. The Bertz CT molecular complexity index is 956. The van der Waals surface area contributed by atoms with Gasteiger partial charge in [-0.3, -0.25) is 4.90 Å². The molecule has 0 bridgehead atoms. The van der Waals surface area contributed by atoms with Crippen molar-refractivity contribution in [2.75, 3.05) is 26.6 Å². The molecule has 0 radical (unpaired) electrons. The molecule has 2 heterocycles. The Morgan fingerprint density at radius 2 is 1.78 bits per heavy atom. The summed E-state index contributed by atoms with van der Waals surface area (Å²) in [6.07, 6.45) is -3.40. The maximum absolute atomic E-state index is 13.0. The predicted molar refractivity (Wildman–Crippen MR) is 137 cm³/mol. The minimum Gasteiger partial charge on any atom is -0.445 e. The van der Waals surface area contributed by atoms with E-state index >= 15 is 0 Å². The van der Waals surface area contributed by atoms with Crippen LogP contribution in [-0.4, -0.2) is 75.1 Å². The molecular weight excluding hydrogens is 478 g/mol. The van der Waals surface area contributed by atoms with Crippen molar-refractivity contribution in [1.29, 1.82) is 0 Å². The van der Waals surface area contributed by atoms with Crippen molar-refractivity contribution in [3.63, 3.8) is 0 Å². The highest BCUT2D eigenvalue weighted by Crippen LogP contribution is 2.35. The lowest BCUT2D eigenvalue weighted by molar-refractivity contribution is -0.297. The number of carbonyl (C=O) groups excluding carboxylic acids is 1. The van der Waals surface area contributed by atoms with Crippen molar-refractivity contribution < 1.29 is 33.6 Å². The SMILES string of the molecule is C[Si](C)(C)CCOCO[C@H]1[C@@H]2O[C@H](c3ccccc3)OC[C@H]2N(C(=O)OCc2ccccc2)C[C@@H]1O. The van der Waals surface area contributed by atoms with E-state index in [1.807, 2.05) is 60.7 Å². The zero-order chi connectivity index (χ0) is 25.5. The number of likely N-dealkylation sites (tertiary alicyclic amines) is 1. The zero-order valence-corrected chi connectivity index (χ0v) is 22.2. The van der Waals surface area contributed by atoms with Crippen molar-refractivity contribution in [2.45, 2.75) is 62.9 Å². The molecule has 1 amide bonds. The van der Waals surface area contributed by atoms with Crippen molar-refractivity contribution in [1.82, 2.24) is 4.90 Å². The van der Waals surface area contributed by atoms with Gasteiger partial charge in [0.1, 0.15) is 31.7 Å². The van der Waals surface area contributed by atoms with E-state index in [2.05, 4.69) is 19.6 Å². The monoisotopic (exact) mass is 515 g/mol. The second kappa shape index (κ2) is 12.3. The van der Waals surface area contributed by atoms with E-state index in [9.17, 15) is 9.90 Å². The number of fused-ring (bicyclic) bond motifs is 1. The highest BCUT2D eigenvalue weighted by molar-refractivity contribution is 6.76. The Hall–Kier alpha value is -2.27. The lowest BCUT2D eigenvalue weighted by Gasteiger charge is -2.49. The van der Waals surface area contributed by atoms with Gasteiger partial charge in [-0.25, -0.2) is 4.79 Å². The third-order valence-corrected chi connectivity index (χ3v) is 8.12. The van der Waals surface area contributed by atoms with Gasteiger partial charge in [-0.15, -0.1) is 0 Å². The summed E-state index contributed by atoms with van der Waals surface area (Å²) in [5, 5.41) is 11.0. The number of aliphatic hydroxyl groups is 1. The van der Waals surface area contributed by atoms with Gasteiger partial charge in [-0.1, -0.05) is 80.3 Å². The fraction of sp³-hybridized carbons (Fsp3) is 0.519. The molecule has 196 valence electrons. The van der Waals surface area contributed by atoms with Gasteiger partial charge in [-0.2, -0.15) is 0 Å². The molecule has 2 aromatic carbocycles. The molecule has 9 heteroatoms. The molecule has 2 fully saturated rings. The first-order chi connectivity index (χ1) is 17.3. The summed E-state index contributed by atoms with van der Waals surface area (Å²) < 4.78 is 29.6. The Balaban J connectivity index is 1.43. The average molecular weight is 516 g/mol. The number of nitrogens with zero attached hydrogens (tertiary/aromatic N) is 1. The molecule has 8 nitrogen and oxygen atoms in total. The first-order valence-corrected chi connectivity index (χ1v) is 16.2. The van der Waals surface area contributed by atoms with E-state index in [1.54, 1.807) is 0 Å². The standard InChI is InChI=1S/C27H37NO7Si/c1-36(2,3)15-14-31-19-34-25-23(29)16-28(27(30)33-17-20-10-6-4-7-11-20)22-18-32-26(35-24(22)25)21-12-8-5-9-13-21/h4-13,22-26,29H,14-19H2,1-3H3/t22-,23+,24-,25-,26-/m1/s1. The van der Waals surface area contributed by atoms with Crippen LogP contribution in [0.5, 0.6) is 0 Å². The summed E-state index contributed by atoms with van der Waals surface area (Å²) >= 11 is 0. The van der Waals surface area contributed by atoms with Crippen LogP contribution < -0.4 is 0 Å². The van der Waals surface area contributed by atoms with E-state index in [1.165, 1.54) is 4.90 Å². The number of benzene rings is 2. The van der Waals surface area contributed by atoms with Gasteiger partial charge >= 0.3 is 6.09 Å². The summed E-state index contributed by atoms with van der Waals surface area (Å²) in [5.74, 6) is 0. The fourth-order valence-corrected chi connectivity index (χ4v) is 5.10. The minimum absolute atomic E-state index is 0.0497. The summed E-state index contributed by atoms with van der Waals surface area (Å²) in [6, 6.07) is 19.6. The zero-order valence-electron chi connectivity index (χ0n) is 21.2. The Labute approximate surface area is 214 Å². The van der Waals surface area contributed by atoms with Crippen LogP contribution in [0.1, 0.15) is 17.4 Å². The highest BCUT2D eigenvalue weighted by Gasteiger charge is 2.50. The maximum atomic E-state index is 13.0. The number of rotatable bonds is 9. The molecule has 0 aromatic heterocycles. The Kier molecular flexibility index (Phi) is 9.16. The van der Waals surface area contributed by atoms with Crippen molar-refractivity contribution in [3.05, 3.63) is 71.8 Å². The molecule has 2 aromatic rings. The van der Waals surface area contributed by atoms with Crippen molar-refractivity contribution in [3.8, 4) is 0 Å². The number of piperidine rings is 1. The van der Waals surface area contributed by atoms with Gasteiger partial charge in [-0.05, 0) is 11.6 Å². The Morgan fingerprint density at radius 3 is 2.47 bits per heavy atom. The molecule has 2 saturated heterocycles. The normalized spacial score (nSPS) is 26.3. The number of carbonyl (C=O) groups is 1. The molecule has 0 unspecified atom stereocenters. The molecule has 0 aliphatic carbocycles. The van der Waals surface area contributed by atoms with Gasteiger partial charge in [0.2, 0.25) is 0 Å². The van der Waals surface area contributed by atoms with Gasteiger partial charge in [0.15, 0.2) is 6.29 Å². The van der Waals surface area contributed by atoms with E-state index in [4.69, 9.17) is 23.7 Å². The van der Waals surface area contributed by atoms with Crippen LogP contribution in [0.15, 0.2) is 60.7 Å². The van der Waals surface area contributed by atoms with E-state index in [0.717, 1.165) is 17.2 Å². The minimum atomic E-state index is -1.22. The van der Waals surface area contributed by atoms with Gasteiger partial charge < -0.3 is 28.8 Å². The molecule has 4 rings (SSSR count). The quantitative estimate of drug-likeness (QED) is 0.305. The van der Waals surface area contributed by atoms with Crippen molar-refractivity contribution in [2.24, 2.45) is 0 Å². The van der Waals surface area contributed by atoms with Gasteiger partial charge in [0.25, 0.3) is 0 Å². The number of ether oxygens (including phenoxy) is 5. The molecule has 0 spiro atoms. The molecule has 2 aliphatic heterocycles. The third-order valence-electron chi connectivity index (χ3n) is 6.42. The second-order valence-corrected chi connectivity index (χ2v) is 16.1. The summed E-state index contributed by atoms with van der Waals surface area (Å²) in [5.41, 5.74) is 1.75. The first kappa shape index (κ1) is 26.8. The molecule has 0 saturated carbocycles. The van der Waals surface area contributed by atoms with Crippen LogP contribution in [0.4, 0.5) is 4.79 Å². The van der Waals surface area contributed by atoms with Crippen LogP contribution in [0.25, 0.3) is 0 Å². The van der Waals surface area contributed by atoms with Gasteiger partial charge in [0.05, 0.1) is 19.2 Å². The molecule has 2 aliphatic rings. The van der Waals surface area contributed by atoms with Gasteiger partial charge in [0, 0.05) is 20.2 Å². The smallest absolute Gasteiger partial charge is 0.410 e. The molecule has 5 atom stereocenters. The maximum Gasteiger partial charge on any atom is 0.410 e. The van der Waals surface area contributed by atoms with Crippen LogP contribution in [-0.2, 0) is 30.3 Å². The average Bonchev–Trinajstić information content (AvgIpc) is 2.88. The number of hydrogen-bond acceptors (Lipinski definition) is 7. The van der Waals surface area contributed by atoms with E-state index in [-0.39, 0.29) is 26.6 Å². The highest BCUT2D eigenvalue weighted by atomic mass is 28.3. The third kappa shape index (κ3) is 7.15. The van der Waals surface area contributed by atoms with Crippen LogP contribution >= 0.6 is 0 Å². The van der Waals surface area contributed by atoms with Crippen LogP contribution in [0, 0.1) is 0 Å². The van der Waals surface area contributed by atoms with Crippen molar-refractivity contribution >= 4 is 14.2 Å². The summed E-state index contributed by atoms with van der Waals surface area (Å²) in [7, 11) is -1.22. The number of hydrogen-bond donors (Lipinski definition) is 1. The largest absolute Gasteiger partial charge is 0.445 e. The fourth-order valence-electron chi connectivity index (χ4n) is 4.34. The van der Waals surface area contributed by atoms with Crippen LogP contribution in [0.2, 0.25) is 25.7 Å².